The molecule has 0 heterocycles. The number of carbonyl (C=O) groups excluding carboxylic acids is 1. The van der Waals surface area contributed by atoms with E-state index >= 15 is 0 Å². The van der Waals surface area contributed by atoms with Crippen molar-refractivity contribution in [2.24, 2.45) is 5.73 Å². The van der Waals surface area contributed by atoms with E-state index in [1.54, 1.807) is 0 Å². The average Bonchev–Trinajstić information content (AvgIpc) is 1.87. The van der Waals surface area contributed by atoms with Gasteiger partial charge in [-0.25, -0.2) is 0 Å². The molecule has 0 aliphatic heterocycles. The summed E-state index contributed by atoms with van der Waals surface area (Å²) in [6.07, 6.45) is 1.40. The smallest absolute Gasteiger partial charge is 0.155 e. The highest BCUT2D eigenvalue weighted by Gasteiger charge is 2.16. The van der Waals surface area contributed by atoms with Crippen LogP contribution in [0.1, 0.15) is 20.3 Å². The molecule has 0 aliphatic carbocycles. The number of carbonyl (C=O) groups is 1. The fraction of sp³-hybridized carbons (Fsp3) is 0.714. The van der Waals surface area contributed by atoms with Gasteiger partial charge in [0.25, 0.3) is 0 Å². The Morgan fingerprint density at radius 3 is 2.60 bits per heavy atom. The van der Waals surface area contributed by atoms with Crippen molar-refractivity contribution in [3.8, 4) is 0 Å². The Morgan fingerprint density at radius 1 is 1.80 bits per heavy atom. The highest BCUT2D eigenvalue weighted by Crippen LogP contribution is 1.95. The van der Waals surface area contributed by atoms with Crippen molar-refractivity contribution < 1.29 is 9.90 Å². The van der Waals surface area contributed by atoms with E-state index in [0.29, 0.717) is 6.42 Å². The molecule has 3 heteroatoms. The average molecular weight is 144 g/mol. The fourth-order valence-corrected chi connectivity index (χ4v) is 0.575. The summed E-state index contributed by atoms with van der Waals surface area (Å²) in [7, 11) is 0. The van der Waals surface area contributed by atoms with Gasteiger partial charge in [-0.15, -0.1) is 0 Å². The van der Waals surface area contributed by atoms with Crippen molar-refractivity contribution in [3.05, 3.63) is 6.42 Å². The van der Waals surface area contributed by atoms with Crippen LogP contribution in [0, 0.1) is 6.42 Å². The fourth-order valence-electron chi connectivity index (χ4n) is 0.575. The Labute approximate surface area is 61.2 Å². The molecule has 1 radical (unpaired) electrons. The molecule has 3 nitrogen and oxygen atoms in total. The normalized spacial score (nSPS) is 16.4. The number of ketones is 1. The molecule has 2 unspecified atom stereocenters. The number of hydrogen-bond donors (Lipinski definition) is 2. The van der Waals surface area contributed by atoms with Crippen LogP contribution in [0.2, 0.25) is 0 Å². The van der Waals surface area contributed by atoms with Crippen LogP contribution in [-0.2, 0) is 4.79 Å². The predicted molar refractivity (Wildman–Crippen MR) is 39.3 cm³/mol. The largest absolute Gasteiger partial charge is 0.391 e. The van der Waals surface area contributed by atoms with E-state index < -0.39 is 12.1 Å². The molecule has 59 valence electrons. The minimum Gasteiger partial charge on any atom is -0.391 e. The molecule has 2 atom stereocenters. The molecule has 0 amide bonds. The van der Waals surface area contributed by atoms with Crippen LogP contribution < -0.4 is 5.73 Å². The molecule has 0 bridgehead atoms. The first-order valence-corrected chi connectivity index (χ1v) is 3.40. The maximum absolute atomic E-state index is 10.8. The second-order valence-electron chi connectivity index (χ2n) is 2.28. The highest BCUT2D eigenvalue weighted by molar-refractivity contribution is 5.91. The first-order chi connectivity index (χ1) is 4.59. The first kappa shape index (κ1) is 9.59. The Bertz CT molecular complexity index is 112. The number of aliphatic hydroxyl groups is 1. The summed E-state index contributed by atoms with van der Waals surface area (Å²) in [5.41, 5.74) is 5.32. The molecule has 0 saturated heterocycles. The Kier molecular flexibility index (Phi) is 4.23. The zero-order valence-corrected chi connectivity index (χ0v) is 6.37. The summed E-state index contributed by atoms with van der Waals surface area (Å²) in [4.78, 5) is 10.8. The Morgan fingerprint density at radius 2 is 2.30 bits per heavy atom. The first-order valence-electron chi connectivity index (χ1n) is 3.40. The lowest BCUT2D eigenvalue weighted by Crippen LogP contribution is -2.40. The topological polar surface area (TPSA) is 63.3 Å². The molecule has 0 fully saturated rings. The van der Waals surface area contributed by atoms with Crippen LogP contribution >= 0.6 is 0 Å². The summed E-state index contributed by atoms with van der Waals surface area (Å²) in [5.74, 6) is -0.183. The third kappa shape index (κ3) is 2.94. The van der Waals surface area contributed by atoms with E-state index in [2.05, 4.69) is 0 Å². The zero-order chi connectivity index (χ0) is 8.15. The molecule has 3 N–H and O–H groups in total. The van der Waals surface area contributed by atoms with Gasteiger partial charge in [-0.2, -0.15) is 0 Å². The van der Waals surface area contributed by atoms with Crippen LogP contribution in [0.4, 0.5) is 0 Å². The zero-order valence-electron chi connectivity index (χ0n) is 6.37. The number of Topliss-reactive ketones (excluding diaryl/α,β-unsaturated/α-hetero) is 1. The second-order valence-corrected chi connectivity index (χ2v) is 2.28. The van der Waals surface area contributed by atoms with Crippen molar-refractivity contribution >= 4 is 5.78 Å². The summed E-state index contributed by atoms with van der Waals surface area (Å²) in [5, 5.41) is 8.85. The van der Waals surface area contributed by atoms with Crippen molar-refractivity contribution in [3.63, 3.8) is 0 Å². The second kappa shape index (κ2) is 4.41. The van der Waals surface area contributed by atoms with Crippen LogP contribution in [0.5, 0.6) is 0 Å². The van der Waals surface area contributed by atoms with E-state index in [9.17, 15) is 4.79 Å². The van der Waals surface area contributed by atoms with Gasteiger partial charge < -0.3 is 10.8 Å². The van der Waals surface area contributed by atoms with Crippen LogP contribution in [0.3, 0.4) is 0 Å². The Balaban J connectivity index is 3.71. The molecular formula is C7H14NO2. The van der Waals surface area contributed by atoms with Gasteiger partial charge in [0.1, 0.15) is 0 Å². The molecular weight excluding hydrogens is 130 g/mol. The molecule has 0 rings (SSSR count). The van der Waals surface area contributed by atoms with Crippen molar-refractivity contribution in [2.45, 2.75) is 32.4 Å². The predicted octanol–water partition coefficient (Wildman–Crippen LogP) is -0.122. The maximum Gasteiger partial charge on any atom is 0.155 e. The lowest BCUT2D eigenvalue weighted by molar-refractivity contribution is -0.119. The third-order valence-electron chi connectivity index (χ3n) is 1.25. The van der Waals surface area contributed by atoms with E-state index in [1.807, 2.05) is 6.92 Å². The lowest BCUT2D eigenvalue weighted by Gasteiger charge is -2.11. The van der Waals surface area contributed by atoms with Crippen molar-refractivity contribution in [1.29, 1.82) is 0 Å². The van der Waals surface area contributed by atoms with Gasteiger partial charge >= 0.3 is 0 Å². The van der Waals surface area contributed by atoms with Crippen LogP contribution in [0.15, 0.2) is 0 Å². The Hall–Kier alpha value is -0.410. The summed E-state index contributed by atoms with van der Waals surface area (Å²) >= 11 is 0. The minimum atomic E-state index is -0.754. The van der Waals surface area contributed by atoms with E-state index in [4.69, 9.17) is 10.8 Å². The van der Waals surface area contributed by atoms with Gasteiger partial charge in [0.05, 0.1) is 12.1 Å². The van der Waals surface area contributed by atoms with Gasteiger partial charge in [-0.1, -0.05) is 6.92 Å². The van der Waals surface area contributed by atoms with Crippen molar-refractivity contribution in [2.75, 3.05) is 0 Å². The quantitative estimate of drug-likeness (QED) is 0.578. The lowest BCUT2D eigenvalue weighted by atomic mass is 10.1. The van der Waals surface area contributed by atoms with Gasteiger partial charge in [0.2, 0.25) is 0 Å². The van der Waals surface area contributed by atoms with Crippen molar-refractivity contribution in [1.82, 2.24) is 0 Å². The van der Waals surface area contributed by atoms with Gasteiger partial charge in [0.15, 0.2) is 5.78 Å². The SMILES string of the molecule is CC[CH]C(=O)C(N)C(C)O. The molecule has 0 aliphatic rings. The summed E-state index contributed by atoms with van der Waals surface area (Å²) < 4.78 is 0. The highest BCUT2D eigenvalue weighted by atomic mass is 16.3. The van der Waals surface area contributed by atoms with Crippen LogP contribution in [0.25, 0.3) is 0 Å². The molecule has 10 heavy (non-hydrogen) atoms. The minimum absolute atomic E-state index is 0.183. The van der Waals surface area contributed by atoms with Gasteiger partial charge in [-0.3, -0.25) is 4.79 Å². The van der Waals surface area contributed by atoms with E-state index in [0.717, 1.165) is 0 Å². The van der Waals surface area contributed by atoms with Gasteiger partial charge in [0, 0.05) is 6.42 Å². The molecule has 0 saturated carbocycles. The molecule has 0 aromatic rings. The molecule has 0 aromatic carbocycles. The monoisotopic (exact) mass is 144 g/mol. The third-order valence-corrected chi connectivity index (χ3v) is 1.25. The maximum atomic E-state index is 10.8. The number of hydrogen-bond acceptors (Lipinski definition) is 3. The number of rotatable bonds is 4. The number of aliphatic hydroxyl groups excluding tert-OH is 1. The molecule has 0 spiro atoms. The van der Waals surface area contributed by atoms with Gasteiger partial charge in [-0.05, 0) is 13.3 Å². The summed E-state index contributed by atoms with van der Waals surface area (Å²) in [6.45, 7) is 3.36. The summed E-state index contributed by atoms with van der Waals surface area (Å²) in [6, 6.07) is -0.750. The standard InChI is InChI=1S/C7H14NO2/c1-3-4-6(10)7(8)5(2)9/h4-5,7,9H,3,8H2,1-2H3. The number of nitrogens with two attached hydrogens (primary N) is 1. The van der Waals surface area contributed by atoms with E-state index in [-0.39, 0.29) is 5.78 Å². The molecule has 0 aromatic heterocycles. The van der Waals surface area contributed by atoms with E-state index in [1.165, 1.54) is 13.3 Å². The van der Waals surface area contributed by atoms with Crippen LogP contribution in [-0.4, -0.2) is 23.0 Å².